The Morgan fingerprint density at radius 3 is 2.88 bits per heavy atom. The molecular formula is C10H9N3O3. The molecule has 0 bridgehead atoms. The van der Waals surface area contributed by atoms with Crippen LogP contribution >= 0.6 is 0 Å². The van der Waals surface area contributed by atoms with Crippen molar-refractivity contribution in [2.24, 2.45) is 0 Å². The molecule has 0 aliphatic carbocycles. The van der Waals surface area contributed by atoms with Gasteiger partial charge in [0.25, 0.3) is 0 Å². The van der Waals surface area contributed by atoms with E-state index >= 15 is 0 Å². The molecule has 0 fully saturated rings. The second-order valence-corrected chi connectivity index (χ2v) is 3.15. The molecule has 0 amide bonds. The summed E-state index contributed by atoms with van der Waals surface area (Å²) in [6.07, 6.45) is -0.236. The molecule has 16 heavy (non-hydrogen) atoms. The SMILES string of the molecule is COc1ccc2nnc(CC(=O)O)nc2c1. The summed E-state index contributed by atoms with van der Waals surface area (Å²) in [6, 6.07) is 5.16. The number of ether oxygens (including phenoxy) is 1. The van der Waals surface area contributed by atoms with E-state index in [1.165, 1.54) is 0 Å². The summed E-state index contributed by atoms with van der Waals surface area (Å²) in [4.78, 5) is 14.6. The van der Waals surface area contributed by atoms with Crippen LogP contribution in [0.4, 0.5) is 0 Å². The fourth-order valence-corrected chi connectivity index (χ4v) is 1.29. The summed E-state index contributed by atoms with van der Waals surface area (Å²) in [5.41, 5.74) is 1.18. The first kappa shape index (κ1) is 10.3. The number of nitrogens with zero attached hydrogens (tertiary/aromatic N) is 3. The monoisotopic (exact) mass is 219 g/mol. The van der Waals surface area contributed by atoms with Crippen molar-refractivity contribution in [1.82, 2.24) is 15.2 Å². The van der Waals surface area contributed by atoms with Gasteiger partial charge >= 0.3 is 5.97 Å². The minimum absolute atomic E-state index is 0.188. The molecule has 82 valence electrons. The minimum atomic E-state index is -0.982. The van der Waals surface area contributed by atoms with Gasteiger partial charge in [-0.3, -0.25) is 4.79 Å². The number of rotatable bonds is 3. The Balaban J connectivity index is 2.46. The molecule has 0 unspecified atom stereocenters. The second kappa shape index (κ2) is 4.09. The smallest absolute Gasteiger partial charge is 0.311 e. The van der Waals surface area contributed by atoms with Crippen molar-refractivity contribution in [3.05, 3.63) is 24.0 Å². The van der Waals surface area contributed by atoms with Crippen molar-refractivity contribution in [2.45, 2.75) is 6.42 Å². The molecule has 0 atom stereocenters. The molecule has 0 spiro atoms. The summed E-state index contributed by atoms with van der Waals surface area (Å²) in [6.45, 7) is 0. The van der Waals surface area contributed by atoms with E-state index in [1.54, 1.807) is 25.3 Å². The first-order chi connectivity index (χ1) is 7.69. The molecule has 1 N–H and O–H groups in total. The predicted octanol–water partition coefficient (Wildman–Crippen LogP) is 0.660. The van der Waals surface area contributed by atoms with Crippen molar-refractivity contribution in [3.8, 4) is 5.75 Å². The number of aromatic nitrogens is 3. The lowest BCUT2D eigenvalue weighted by Gasteiger charge is -2.01. The number of carbonyl (C=O) groups is 1. The quantitative estimate of drug-likeness (QED) is 0.816. The summed E-state index contributed by atoms with van der Waals surface area (Å²) in [5.74, 6) is -0.147. The Morgan fingerprint density at radius 1 is 1.38 bits per heavy atom. The summed E-state index contributed by atoms with van der Waals surface area (Å²) >= 11 is 0. The molecule has 6 heteroatoms. The molecule has 1 heterocycles. The first-order valence-electron chi connectivity index (χ1n) is 4.58. The van der Waals surface area contributed by atoms with Crippen LogP contribution in [0.2, 0.25) is 0 Å². The number of benzene rings is 1. The number of aliphatic carboxylic acids is 1. The Hall–Kier alpha value is -2.24. The van der Waals surface area contributed by atoms with Gasteiger partial charge in [0.2, 0.25) is 0 Å². The Labute approximate surface area is 90.9 Å². The lowest BCUT2D eigenvalue weighted by molar-refractivity contribution is -0.136. The van der Waals surface area contributed by atoms with Gasteiger partial charge in [0, 0.05) is 6.07 Å². The molecule has 0 aliphatic heterocycles. The van der Waals surface area contributed by atoms with E-state index in [0.717, 1.165) is 0 Å². The van der Waals surface area contributed by atoms with Gasteiger partial charge in [0.15, 0.2) is 5.82 Å². The molecule has 1 aromatic carbocycles. The van der Waals surface area contributed by atoms with E-state index in [4.69, 9.17) is 9.84 Å². The van der Waals surface area contributed by atoms with E-state index in [1.807, 2.05) is 0 Å². The Morgan fingerprint density at radius 2 is 2.19 bits per heavy atom. The van der Waals surface area contributed by atoms with Crippen LogP contribution in [0.15, 0.2) is 18.2 Å². The fourth-order valence-electron chi connectivity index (χ4n) is 1.29. The number of carboxylic acid groups (broad SMARTS) is 1. The molecule has 2 rings (SSSR count). The third-order valence-corrected chi connectivity index (χ3v) is 2.01. The van der Waals surface area contributed by atoms with Crippen molar-refractivity contribution in [1.29, 1.82) is 0 Å². The molecule has 0 saturated heterocycles. The second-order valence-electron chi connectivity index (χ2n) is 3.15. The molecule has 0 saturated carbocycles. The van der Waals surface area contributed by atoms with Gasteiger partial charge < -0.3 is 9.84 Å². The molecule has 2 aromatic rings. The van der Waals surface area contributed by atoms with Gasteiger partial charge in [-0.1, -0.05) is 0 Å². The van der Waals surface area contributed by atoms with Crippen LogP contribution in [-0.4, -0.2) is 33.4 Å². The average Bonchev–Trinajstić information content (AvgIpc) is 2.27. The van der Waals surface area contributed by atoms with Crippen LogP contribution in [0.25, 0.3) is 11.0 Å². The van der Waals surface area contributed by atoms with Crippen LogP contribution in [0.3, 0.4) is 0 Å². The highest BCUT2D eigenvalue weighted by Gasteiger charge is 2.06. The third kappa shape index (κ3) is 2.05. The third-order valence-electron chi connectivity index (χ3n) is 2.01. The maximum atomic E-state index is 10.5. The van der Waals surface area contributed by atoms with Gasteiger partial charge in [0.05, 0.1) is 12.6 Å². The summed E-state index contributed by atoms with van der Waals surface area (Å²) < 4.78 is 5.04. The van der Waals surface area contributed by atoms with Crippen LogP contribution < -0.4 is 4.74 Å². The standard InChI is InChI=1S/C10H9N3O3/c1-16-6-2-3-7-8(4-6)11-9(13-12-7)5-10(14)15/h2-4H,5H2,1H3,(H,14,15). The Bertz CT molecular complexity index is 542. The highest BCUT2D eigenvalue weighted by Crippen LogP contribution is 2.16. The normalized spacial score (nSPS) is 10.3. The van der Waals surface area contributed by atoms with Crippen molar-refractivity contribution >= 4 is 17.0 Å². The van der Waals surface area contributed by atoms with Crippen molar-refractivity contribution < 1.29 is 14.6 Å². The van der Waals surface area contributed by atoms with E-state index in [-0.39, 0.29) is 12.2 Å². The molecule has 1 aromatic heterocycles. The summed E-state index contributed by atoms with van der Waals surface area (Å²) in [7, 11) is 1.55. The zero-order valence-corrected chi connectivity index (χ0v) is 8.54. The van der Waals surface area contributed by atoms with E-state index < -0.39 is 5.97 Å². The molecule has 0 radical (unpaired) electrons. The van der Waals surface area contributed by atoms with Gasteiger partial charge in [0.1, 0.15) is 17.7 Å². The van der Waals surface area contributed by atoms with Gasteiger partial charge in [-0.25, -0.2) is 4.98 Å². The van der Waals surface area contributed by atoms with Crippen molar-refractivity contribution in [3.63, 3.8) is 0 Å². The zero-order valence-electron chi connectivity index (χ0n) is 8.54. The first-order valence-corrected chi connectivity index (χ1v) is 4.58. The number of hydrogen-bond acceptors (Lipinski definition) is 5. The topological polar surface area (TPSA) is 85.2 Å². The van der Waals surface area contributed by atoms with E-state index in [9.17, 15) is 4.79 Å². The van der Waals surface area contributed by atoms with Gasteiger partial charge in [-0.05, 0) is 12.1 Å². The lowest BCUT2D eigenvalue weighted by Crippen LogP contribution is -2.06. The molecule has 6 nitrogen and oxygen atoms in total. The summed E-state index contributed by atoms with van der Waals surface area (Å²) in [5, 5.41) is 16.2. The number of fused-ring (bicyclic) bond motifs is 1. The maximum absolute atomic E-state index is 10.5. The van der Waals surface area contributed by atoms with Gasteiger partial charge in [-0.15, -0.1) is 10.2 Å². The fraction of sp³-hybridized carbons (Fsp3) is 0.200. The minimum Gasteiger partial charge on any atom is -0.497 e. The van der Waals surface area contributed by atoms with Crippen LogP contribution in [0.1, 0.15) is 5.82 Å². The zero-order chi connectivity index (χ0) is 11.5. The van der Waals surface area contributed by atoms with Crippen LogP contribution in [0, 0.1) is 0 Å². The highest BCUT2D eigenvalue weighted by atomic mass is 16.5. The highest BCUT2D eigenvalue weighted by molar-refractivity contribution is 5.76. The van der Waals surface area contributed by atoms with E-state index in [2.05, 4.69) is 15.2 Å². The number of carboxylic acids is 1. The largest absolute Gasteiger partial charge is 0.497 e. The predicted molar refractivity (Wildman–Crippen MR) is 55.2 cm³/mol. The number of hydrogen-bond donors (Lipinski definition) is 1. The lowest BCUT2D eigenvalue weighted by atomic mass is 10.3. The van der Waals surface area contributed by atoms with Gasteiger partial charge in [-0.2, -0.15) is 0 Å². The van der Waals surface area contributed by atoms with E-state index in [0.29, 0.717) is 16.8 Å². The van der Waals surface area contributed by atoms with Crippen LogP contribution in [-0.2, 0) is 11.2 Å². The average molecular weight is 219 g/mol. The van der Waals surface area contributed by atoms with Crippen molar-refractivity contribution in [2.75, 3.05) is 7.11 Å². The molecular weight excluding hydrogens is 210 g/mol. The Kier molecular flexibility index (Phi) is 2.63. The number of methoxy groups -OCH3 is 1. The van der Waals surface area contributed by atoms with Crippen LogP contribution in [0.5, 0.6) is 5.75 Å². The maximum Gasteiger partial charge on any atom is 0.311 e. The molecule has 0 aliphatic rings.